The van der Waals surface area contributed by atoms with Gasteiger partial charge in [-0.25, -0.2) is 29.9 Å². The largest absolute Gasteiger partial charge is 0.364 e. The van der Waals surface area contributed by atoms with Crippen LogP contribution in [0.15, 0.2) is 102 Å². The van der Waals surface area contributed by atoms with Crippen molar-refractivity contribution in [2.75, 3.05) is 0 Å². The van der Waals surface area contributed by atoms with Gasteiger partial charge in [0.1, 0.15) is 5.84 Å². The maximum Gasteiger partial charge on any atom is 0.164 e. The maximum absolute atomic E-state index is 4.89. The van der Waals surface area contributed by atoms with Crippen LogP contribution < -0.4 is 5.32 Å². The van der Waals surface area contributed by atoms with Crippen LogP contribution in [0.25, 0.3) is 45.6 Å². The molecule has 5 aromatic rings. The molecule has 0 radical (unpaired) electrons. The molecule has 7 heteroatoms. The third kappa shape index (κ3) is 5.40. The smallest absolute Gasteiger partial charge is 0.164 e. The van der Waals surface area contributed by atoms with E-state index in [2.05, 4.69) is 45.4 Å². The molecule has 196 valence electrons. The first-order chi connectivity index (χ1) is 19.4. The van der Waals surface area contributed by atoms with Gasteiger partial charge in [0.15, 0.2) is 23.3 Å². The van der Waals surface area contributed by atoms with E-state index >= 15 is 0 Å². The lowest BCUT2D eigenvalue weighted by Crippen LogP contribution is -2.34. The lowest BCUT2D eigenvalue weighted by atomic mass is 10.1. The van der Waals surface area contributed by atoms with Crippen LogP contribution >= 0.6 is 0 Å². The molecule has 1 unspecified atom stereocenters. The average molecular weight is 524 g/mol. The number of benzene rings is 3. The summed E-state index contributed by atoms with van der Waals surface area (Å²) in [6, 6.07) is 28.4. The number of aromatic nitrogens is 5. The Hall–Kier alpha value is -5.04. The summed E-state index contributed by atoms with van der Waals surface area (Å²) in [5, 5.41) is 3.43. The molecular formula is C33H29N7. The number of nitrogens with one attached hydrogen (secondary N) is 1. The number of aliphatic imine (C=N–C) groups is 1. The Morgan fingerprint density at radius 2 is 0.950 bits per heavy atom. The van der Waals surface area contributed by atoms with Gasteiger partial charge >= 0.3 is 0 Å². The molecule has 6 rings (SSSR count). The monoisotopic (exact) mass is 523 g/mol. The minimum absolute atomic E-state index is 0.236. The second-order valence-electron chi connectivity index (χ2n) is 10.0. The molecule has 1 atom stereocenters. The molecule has 0 saturated carbocycles. The molecule has 3 aromatic carbocycles. The highest BCUT2D eigenvalue weighted by atomic mass is 15.0. The van der Waals surface area contributed by atoms with Crippen molar-refractivity contribution < 1.29 is 0 Å². The van der Waals surface area contributed by atoms with Crippen LogP contribution in [0.1, 0.15) is 30.8 Å². The standard InChI is InChI=1S/C33H29N7/c1-20-18-21(2)35-29(34-20)25-10-14-27(15-11-25)32-38-31(24-8-6-5-7-9-24)39-33(40-32)28-16-12-26(13-17-28)30-36-22(3)19-23(4)37-30/h5-20H,1-4H3,(H,34,35). The Balaban J connectivity index is 1.38. The lowest BCUT2D eigenvalue weighted by molar-refractivity contribution is 0.778. The third-order valence-corrected chi connectivity index (χ3v) is 6.61. The Labute approximate surface area is 233 Å². The Kier molecular flexibility index (Phi) is 6.70. The second kappa shape index (κ2) is 10.6. The van der Waals surface area contributed by atoms with E-state index in [4.69, 9.17) is 15.0 Å². The molecule has 3 heterocycles. The fourth-order valence-electron chi connectivity index (χ4n) is 4.76. The SMILES string of the molecule is CC1=CC(C)NC(c2ccc(-c3nc(-c4ccccc4)nc(-c4ccc(-c5nc(C)cc(C)n5)cc4)n3)cc2)=N1. The number of allylic oxidation sites excluding steroid dienone is 1. The van der Waals surface area contributed by atoms with Crippen LogP contribution in [0.3, 0.4) is 0 Å². The van der Waals surface area contributed by atoms with E-state index in [-0.39, 0.29) is 6.04 Å². The van der Waals surface area contributed by atoms with E-state index in [1.54, 1.807) is 0 Å². The number of amidine groups is 1. The van der Waals surface area contributed by atoms with Gasteiger partial charge in [-0.15, -0.1) is 0 Å². The first-order valence-corrected chi connectivity index (χ1v) is 13.3. The van der Waals surface area contributed by atoms with Crippen LogP contribution in [0, 0.1) is 13.8 Å². The zero-order chi connectivity index (χ0) is 27.6. The van der Waals surface area contributed by atoms with Crippen LogP contribution in [-0.2, 0) is 0 Å². The van der Waals surface area contributed by atoms with Gasteiger partial charge in [-0.05, 0) is 39.8 Å². The van der Waals surface area contributed by atoms with Crippen molar-refractivity contribution in [3.05, 3.63) is 114 Å². The first-order valence-electron chi connectivity index (χ1n) is 13.3. The van der Waals surface area contributed by atoms with Gasteiger partial charge < -0.3 is 5.32 Å². The molecular weight excluding hydrogens is 494 g/mol. The number of nitrogens with zero attached hydrogens (tertiary/aromatic N) is 6. The van der Waals surface area contributed by atoms with E-state index in [9.17, 15) is 0 Å². The fourth-order valence-corrected chi connectivity index (χ4v) is 4.76. The van der Waals surface area contributed by atoms with E-state index in [0.717, 1.165) is 50.7 Å². The van der Waals surface area contributed by atoms with Crippen LogP contribution in [0.2, 0.25) is 0 Å². The Morgan fingerprint density at radius 1 is 0.525 bits per heavy atom. The maximum atomic E-state index is 4.89. The summed E-state index contributed by atoms with van der Waals surface area (Å²) in [5.74, 6) is 3.42. The van der Waals surface area contributed by atoms with Gasteiger partial charge in [0.2, 0.25) is 0 Å². The van der Waals surface area contributed by atoms with E-state index in [1.165, 1.54) is 0 Å². The summed E-state index contributed by atoms with van der Waals surface area (Å²) >= 11 is 0. The highest BCUT2D eigenvalue weighted by molar-refractivity contribution is 6.00. The molecule has 1 N–H and O–H groups in total. The Morgan fingerprint density at radius 3 is 1.43 bits per heavy atom. The average Bonchev–Trinajstić information content (AvgIpc) is 2.96. The van der Waals surface area contributed by atoms with Crippen molar-refractivity contribution in [1.29, 1.82) is 0 Å². The normalized spacial score (nSPS) is 14.8. The Bertz CT molecular complexity index is 1720. The van der Waals surface area contributed by atoms with Gasteiger partial charge in [-0.2, -0.15) is 0 Å². The molecule has 0 saturated heterocycles. The molecule has 0 fully saturated rings. The minimum atomic E-state index is 0.236. The topological polar surface area (TPSA) is 88.8 Å². The van der Waals surface area contributed by atoms with Crippen molar-refractivity contribution in [2.45, 2.75) is 33.7 Å². The molecule has 7 nitrogen and oxygen atoms in total. The lowest BCUT2D eigenvalue weighted by Gasteiger charge is -2.19. The molecule has 0 aliphatic carbocycles. The van der Waals surface area contributed by atoms with Crippen molar-refractivity contribution >= 4 is 5.84 Å². The van der Waals surface area contributed by atoms with Crippen molar-refractivity contribution in [1.82, 2.24) is 30.2 Å². The first kappa shape index (κ1) is 25.2. The van der Waals surface area contributed by atoms with Crippen molar-refractivity contribution in [3.63, 3.8) is 0 Å². The number of hydrogen-bond donors (Lipinski definition) is 1. The molecule has 0 bridgehead atoms. The summed E-state index contributed by atoms with van der Waals surface area (Å²) in [6.45, 7) is 8.10. The van der Waals surface area contributed by atoms with Crippen LogP contribution in [0.5, 0.6) is 0 Å². The molecule has 1 aliphatic heterocycles. The van der Waals surface area contributed by atoms with Crippen LogP contribution in [-0.4, -0.2) is 36.8 Å². The zero-order valence-corrected chi connectivity index (χ0v) is 22.9. The van der Waals surface area contributed by atoms with E-state index in [1.807, 2.05) is 93.6 Å². The number of rotatable bonds is 5. The molecule has 1 aliphatic rings. The van der Waals surface area contributed by atoms with Gasteiger partial charge in [0.05, 0.1) is 0 Å². The number of aryl methyl sites for hydroxylation is 2. The fraction of sp³-hybridized carbons (Fsp3) is 0.152. The summed E-state index contributed by atoms with van der Waals surface area (Å²) in [6.07, 6.45) is 2.11. The van der Waals surface area contributed by atoms with Gasteiger partial charge in [-0.3, -0.25) is 0 Å². The summed E-state index contributed by atoms with van der Waals surface area (Å²) < 4.78 is 0. The molecule has 0 amide bonds. The van der Waals surface area contributed by atoms with Crippen LogP contribution in [0.4, 0.5) is 0 Å². The predicted octanol–water partition coefficient (Wildman–Crippen LogP) is 6.59. The summed E-state index contributed by atoms with van der Waals surface area (Å²) in [7, 11) is 0. The second-order valence-corrected chi connectivity index (χ2v) is 10.0. The highest BCUT2D eigenvalue weighted by Crippen LogP contribution is 2.27. The molecule has 0 spiro atoms. The molecule has 40 heavy (non-hydrogen) atoms. The van der Waals surface area contributed by atoms with Gasteiger partial charge in [0.25, 0.3) is 0 Å². The highest BCUT2D eigenvalue weighted by Gasteiger charge is 2.15. The quantitative estimate of drug-likeness (QED) is 0.280. The van der Waals surface area contributed by atoms with Gasteiger partial charge in [-0.1, -0.05) is 78.9 Å². The van der Waals surface area contributed by atoms with E-state index < -0.39 is 0 Å². The number of hydrogen-bond acceptors (Lipinski definition) is 7. The van der Waals surface area contributed by atoms with Crippen molar-refractivity contribution in [3.8, 4) is 45.6 Å². The van der Waals surface area contributed by atoms with Crippen molar-refractivity contribution in [2.24, 2.45) is 4.99 Å². The zero-order valence-electron chi connectivity index (χ0n) is 22.9. The molecule has 2 aromatic heterocycles. The minimum Gasteiger partial charge on any atom is -0.364 e. The predicted molar refractivity (Wildman–Crippen MR) is 160 cm³/mol. The third-order valence-electron chi connectivity index (χ3n) is 6.61. The summed E-state index contributed by atoms with van der Waals surface area (Å²) in [5.41, 5.74) is 7.59. The van der Waals surface area contributed by atoms with E-state index in [0.29, 0.717) is 23.3 Å². The summed E-state index contributed by atoms with van der Waals surface area (Å²) in [4.78, 5) is 28.4. The van der Waals surface area contributed by atoms with Gasteiger partial charge in [0, 0.05) is 50.9 Å².